The van der Waals surface area contributed by atoms with Gasteiger partial charge in [-0.05, 0) is 46.7 Å². The molecule has 0 fully saturated rings. The van der Waals surface area contributed by atoms with Gasteiger partial charge in [0.2, 0.25) is 5.91 Å². The number of carbonyl (C=O) groups excluding carboxylic acids is 2. The summed E-state index contributed by atoms with van der Waals surface area (Å²) in [5, 5.41) is 4.84. The van der Waals surface area contributed by atoms with Gasteiger partial charge in [-0.1, -0.05) is 60.7 Å². The zero-order valence-corrected chi connectivity index (χ0v) is 19.0. The summed E-state index contributed by atoms with van der Waals surface area (Å²) in [7, 11) is 1.60. The molecule has 1 unspecified atom stereocenters. The highest BCUT2D eigenvalue weighted by Gasteiger charge is 2.24. The highest BCUT2D eigenvalue weighted by atomic mass is 16.6. The lowest BCUT2D eigenvalue weighted by Gasteiger charge is -2.23. The third-order valence-electron chi connectivity index (χ3n) is 5.34. The number of fused-ring (bicyclic) bond motifs is 1. The van der Waals surface area contributed by atoms with E-state index in [0.29, 0.717) is 22.8 Å². The fourth-order valence-corrected chi connectivity index (χ4v) is 3.80. The van der Waals surface area contributed by atoms with E-state index in [-0.39, 0.29) is 12.5 Å². The lowest BCUT2D eigenvalue weighted by atomic mass is 9.92. The van der Waals surface area contributed by atoms with Crippen LogP contribution < -0.4 is 19.5 Å². The molecule has 34 heavy (non-hydrogen) atoms. The SMILES string of the molecule is COc1ccc(C(NC(C)=O)c2c(OC(=O)COc3ccccc3)ccc3ccccc23)cc1. The Hall–Kier alpha value is -4.32. The lowest BCUT2D eigenvalue weighted by Crippen LogP contribution is -2.28. The van der Waals surface area contributed by atoms with Crippen LogP contribution in [0.25, 0.3) is 10.8 Å². The number of ether oxygens (including phenoxy) is 3. The monoisotopic (exact) mass is 455 g/mol. The molecule has 1 N–H and O–H groups in total. The maximum Gasteiger partial charge on any atom is 0.349 e. The number of benzene rings is 4. The first-order chi connectivity index (χ1) is 16.5. The summed E-state index contributed by atoms with van der Waals surface area (Å²) in [6.07, 6.45) is 0. The number of nitrogens with one attached hydrogen (secondary N) is 1. The first-order valence-corrected chi connectivity index (χ1v) is 10.9. The molecular formula is C28H25NO5. The van der Waals surface area contributed by atoms with E-state index in [9.17, 15) is 9.59 Å². The van der Waals surface area contributed by atoms with Gasteiger partial charge in [0.15, 0.2) is 6.61 Å². The molecule has 0 heterocycles. The molecule has 0 spiro atoms. The maximum absolute atomic E-state index is 12.7. The van der Waals surface area contributed by atoms with Gasteiger partial charge in [0.05, 0.1) is 13.2 Å². The number of para-hydroxylation sites is 1. The van der Waals surface area contributed by atoms with Gasteiger partial charge in [-0.2, -0.15) is 0 Å². The largest absolute Gasteiger partial charge is 0.497 e. The smallest absolute Gasteiger partial charge is 0.349 e. The van der Waals surface area contributed by atoms with E-state index in [0.717, 1.165) is 16.3 Å². The van der Waals surface area contributed by atoms with Crippen molar-refractivity contribution in [3.63, 3.8) is 0 Å². The van der Waals surface area contributed by atoms with Crippen molar-refractivity contribution in [2.75, 3.05) is 13.7 Å². The summed E-state index contributed by atoms with van der Waals surface area (Å²) < 4.78 is 16.6. The molecule has 4 aromatic carbocycles. The van der Waals surface area contributed by atoms with Crippen LogP contribution >= 0.6 is 0 Å². The van der Waals surface area contributed by atoms with Crippen LogP contribution in [0.2, 0.25) is 0 Å². The van der Waals surface area contributed by atoms with Crippen molar-refractivity contribution in [2.45, 2.75) is 13.0 Å². The maximum atomic E-state index is 12.7. The van der Waals surface area contributed by atoms with Crippen LogP contribution in [0, 0.1) is 0 Å². The molecule has 1 amide bonds. The first-order valence-electron chi connectivity index (χ1n) is 10.9. The minimum absolute atomic E-state index is 0.210. The highest BCUT2D eigenvalue weighted by Crippen LogP contribution is 2.37. The number of amides is 1. The fraction of sp³-hybridized carbons (Fsp3) is 0.143. The lowest BCUT2D eigenvalue weighted by molar-refractivity contribution is -0.136. The van der Waals surface area contributed by atoms with Crippen LogP contribution in [0.3, 0.4) is 0 Å². The van der Waals surface area contributed by atoms with E-state index < -0.39 is 12.0 Å². The summed E-state index contributed by atoms with van der Waals surface area (Å²) >= 11 is 0. The van der Waals surface area contributed by atoms with E-state index in [1.807, 2.05) is 72.8 Å². The van der Waals surface area contributed by atoms with Crippen LogP contribution in [0.4, 0.5) is 0 Å². The molecule has 0 radical (unpaired) electrons. The Morgan fingerprint density at radius 1 is 0.824 bits per heavy atom. The van der Waals surface area contributed by atoms with E-state index >= 15 is 0 Å². The van der Waals surface area contributed by atoms with Crippen molar-refractivity contribution in [3.8, 4) is 17.2 Å². The highest BCUT2D eigenvalue weighted by molar-refractivity contribution is 5.90. The van der Waals surface area contributed by atoms with Gasteiger partial charge in [0.25, 0.3) is 0 Å². The van der Waals surface area contributed by atoms with Gasteiger partial charge in [-0.15, -0.1) is 0 Å². The third kappa shape index (κ3) is 5.35. The molecule has 4 rings (SSSR count). The van der Waals surface area contributed by atoms with Crippen molar-refractivity contribution in [2.24, 2.45) is 0 Å². The molecule has 6 nitrogen and oxygen atoms in total. The van der Waals surface area contributed by atoms with E-state index in [1.54, 1.807) is 25.3 Å². The molecule has 172 valence electrons. The Kier molecular flexibility index (Phi) is 7.08. The molecule has 0 saturated carbocycles. The Morgan fingerprint density at radius 2 is 1.53 bits per heavy atom. The molecule has 0 saturated heterocycles. The molecule has 6 heteroatoms. The van der Waals surface area contributed by atoms with Crippen molar-refractivity contribution in [1.29, 1.82) is 0 Å². The van der Waals surface area contributed by atoms with Gasteiger partial charge < -0.3 is 19.5 Å². The predicted octanol–water partition coefficient (Wildman–Crippen LogP) is 5.06. The Balaban J connectivity index is 1.72. The van der Waals surface area contributed by atoms with E-state index in [4.69, 9.17) is 14.2 Å². The van der Waals surface area contributed by atoms with Gasteiger partial charge >= 0.3 is 5.97 Å². The second-order valence-electron chi connectivity index (χ2n) is 7.68. The number of hydrogen-bond donors (Lipinski definition) is 1. The van der Waals surface area contributed by atoms with Crippen LogP contribution in [-0.2, 0) is 9.59 Å². The van der Waals surface area contributed by atoms with Gasteiger partial charge in [-0.3, -0.25) is 4.79 Å². The van der Waals surface area contributed by atoms with Crippen molar-refractivity contribution >= 4 is 22.6 Å². The molecular weight excluding hydrogens is 430 g/mol. The molecule has 4 aromatic rings. The van der Waals surface area contributed by atoms with Gasteiger partial charge in [-0.25, -0.2) is 4.79 Å². The summed E-state index contributed by atoms with van der Waals surface area (Å²) in [6.45, 7) is 1.21. The Bertz CT molecular complexity index is 1290. The van der Waals surface area contributed by atoms with Crippen molar-refractivity contribution in [1.82, 2.24) is 5.32 Å². The predicted molar refractivity (Wildman–Crippen MR) is 130 cm³/mol. The van der Waals surface area contributed by atoms with Crippen LogP contribution in [-0.4, -0.2) is 25.6 Å². The average molecular weight is 456 g/mol. The fourth-order valence-electron chi connectivity index (χ4n) is 3.80. The Morgan fingerprint density at radius 3 is 2.24 bits per heavy atom. The molecule has 1 atom stereocenters. The zero-order chi connectivity index (χ0) is 23.9. The summed E-state index contributed by atoms with van der Waals surface area (Å²) in [4.78, 5) is 24.9. The summed E-state index contributed by atoms with van der Waals surface area (Å²) in [5.74, 6) is 0.880. The quantitative estimate of drug-likeness (QED) is 0.297. The van der Waals surface area contributed by atoms with E-state index in [1.165, 1.54) is 6.92 Å². The van der Waals surface area contributed by atoms with Crippen molar-refractivity contribution in [3.05, 3.63) is 102 Å². The normalized spacial score (nSPS) is 11.5. The van der Waals surface area contributed by atoms with Crippen molar-refractivity contribution < 1.29 is 23.8 Å². The van der Waals surface area contributed by atoms with Crippen LogP contribution in [0.15, 0.2) is 91.0 Å². The summed E-state index contributed by atoms with van der Waals surface area (Å²) in [5.41, 5.74) is 1.51. The van der Waals surface area contributed by atoms with E-state index in [2.05, 4.69) is 5.32 Å². The van der Waals surface area contributed by atoms with Gasteiger partial charge in [0, 0.05) is 12.5 Å². The molecule has 0 aromatic heterocycles. The third-order valence-corrected chi connectivity index (χ3v) is 5.34. The number of carbonyl (C=O) groups is 2. The second-order valence-corrected chi connectivity index (χ2v) is 7.68. The molecule has 0 aliphatic carbocycles. The molecule has 0 bridgehead atoms. The number of hydrogen-bond acceptors (Lipinski definition) is 5. The van der Waals surface area contributed by atoms with Crippen LogP contribution in [0.1, 0.15) is 24.1 Å². The minimum atomic E-state index is -0.549. The average Bonchev–Trinajstić information content (AvgIpc) is 2.87. The second kappa shape index (κ2) is 10.5. The standard InChI is InChI=1S/C28H25NO5/c1-19(30)29-28(21-12-15-22(32-2)16-13-21)27-24-11-7-6-8-20(24)14-17-25(27)34-26(31)18-33-23-9-4-3-5-10-23/h3-17,28H,18H2,1-2H3,(H,29,30). The summed E-state index contributed by atoms with van der Waals surface area (Å²) in [6, 6.07) is 27.3. The number of esters is 1. The van der Waals surface area contributed by atoms with Crippen LogP contribution in [0.5, 0.6) is 17.2 Å². The number of rotatable bonds is 8. The first kappa shape index (κ1) is 22.9. The zero-order valence-electron chi connectivity index (χ0n) is 19.0. The molecule has 0 aliphatic rings. The Labute approximate surface area is 198 Å². The molecule has 0 aliphatic heterocycles. The van der Waals surface area contributed by atoms with Gasteiger partial charge in [0.1, 0.15) is 17.2 Å². The minimum Gasteiger partial charge on any atom is -0.497 e. The number of methoxy groups -OCH3 is 1. The topological polar surface area (TPSA) is 73.9 Å².